The summed E-state index contributed by atoms with van der Waals surface area (Å²) in [4.78, 5) is 27.0. The van der Waals surface area contributed by atoms with Crippen molar-refractivity contribution in [3.8, 4) is 0 Å². The number of carbonyl (C=O) groups is 2. The maximum absolute atomic E-state index is 13.7. The number of aliphatic imine (C=N–C) groups is 1. The van der Waals surface area contributed by atoms with Crippen molar-refractivity contribution in [1.29, 1.82) is 10.8 Å². The first-order valence-corrected chi connectivity index (χ1v) is 9.82. The van der Waals surface area contributed by atoms with E-state index in [0.717, 1.165) is 12.8 Å². The topological polar surface area (TPSA) is 159 Å². The van der Waals surface area contributed by atoms with E-state index in [-0.39, 0.29) is 34.1 Å². The van der Waals surface area contributed by atoms with E-state index < -0.39 is 29.7 Å². The minimum absolute atomic E-state index is 0. The van der Waals surface area contributed by atoms with E-state index >= 15 is 0 Å². The Balaban J connectivity index is 0. The molecule has 0 aromatic carbocycles. The van der Waals surface area contributed by atoms with Gasteiger partial charge in [-0.05, 0) is 31.8 Å². The van der Waals surface area contributed by atoms with E-state index in [1.807, 2.05) is 0 Å². The van der Waals surface area contributed by atoms with Crippen LogP contribution in [0.25, 0.3) is 0 Å². The fraction of sp³-hybridized carbons (Fsp3) is 0.550. The summed E-state index contributed by atoms with van der Waals surface area (Å²) in [6.45, 7) is 5.75. The van der Waals surface area contributed by atoms with E-state index in [9.17, 15) is 18.4 Å². The lowest BCUT2D eigenvalue weighted by atomic mass is 9.92. The lowest BCUT2D eigenvalue weighted by molar-refractivity contribution is -0.129. The summed E-state index contributed by atoms with van der Waals surface area (Å²) >= 11 is 0. The van der Waals surface area contributed by atoms with Gasteiger partial charge in [-0.2, -0.15) is 4.99 Å². The Labute approximate surface area is 183 Å². The third-order valence-electron chi connectivity index (χ3n) is 4.85. The van der Waals surface area contributed by atoms with Crippen molar-refractivity contribution in [2.75, 3.05) is 19.7 Å². The molecule has 2 atom stereocenters. The molecule has 0 aromatic rings. The molecule has 2 rings (SSSR count). The molecule has 1 heterocycles. The van der Waals surface area contributed by atoms with Crippen LogP contribution in [-0.4, -0.2) is 66.3 Å². The van der Waals surface area contributed by atoms with Crippen molar-refractivity contribution >= 4 is 29.8 Å². The number of nitrogens with one attached hydrogen (secondary N) is 2. The first kappa shape index (κ1) is 26.1. The van der Waals surface area contributed by atoms with Gasteiger partial charge in [-0.25, -0.2) is 8.78 Å². The molecule has 9 nitrogen and oxygen atoms in total. The number of primary amides is 1. The summed E-state index contributed by atoms with van der Waals surface area (Å²) < 4.78 is 32.7. The zero-order valence-electron chi connectivity index (χ0n) is 17.5. The van der Waals surface area contributed by atoms with E-state index in [1.54, 1.807) is 11.8 Å². The average molecular weight is 445 g/mol. The van der Waals surface area contributed by atoms with Crippen LogP contribution >= 0.6 is 0 Å². The Morgan fingerprint density at radius 3 is 2.52 bits per heavy atom. The number of likely N-dealkylation sites (tertiary alicyclic amines) is 1. The summed E-state index contributed by atoms with van der Waals surface area (Å²) in [6, 6.07) is -0.661. The summed E-state index contributed by atoms with van der Waals surface area (Å²) in [5.41, 5.74) is 10.1. The molecule has 1 saturated heterocycles. The number of nitrogens with zero attached hydrogens (tertiary/aromatic N) is 2. The van der Waals surface area contributed by atoms with Gasteiger partial charge in [0.15, 0.2) is 0 Å². The lowest BCUT2D eigenvalue weighted by Gasteiger charge is -2.39. The summed E-state index contributed by atoms with van der Waals surface area (Å²) in [6.07, 6.45) is 6.39. The maximum atomic E-state index is 13.7. The third kappa shape index (κ3) is 9.60. The van der Waals surface area contributed by atoms with E-state index in [1.165, 1.54) is 18.2 Å². The van der Waals surface area contributed by atoms with Gasteiger partial charge in [0.2, 0.25) is 5.90 Å². The van der Waals surface area contributed by atoms with Gasteiger partial charge < -0.3 is 21.6 Å². The van der Waals surface area contributed by atoms with Crippen LogP contribution in [0, 0.1) is 22.7 Å². The highest BCUT2D eigenvalue weighted by molar-refractivity contribution is 6.24. The van der Waals surface area contributed by atoms with Crippen molar-refractivity contribution in [3.63, 3.8) is 0 Å². The molecule has 31 heavy (non-hydrogen) atoms. The smallest absolute Gasteiger partial charge is 0.264 e. The highest BCUT2D eigenvalue weighted by Gasteiger charge is 2.43. The van der Waals surface area contributed by atoms with Crippen molar-refractivity contribution < 1.29 is 26.0 Å². The van der Waals surface area contributed by atoms with Crippen molar-refractivity contribution in [3.05, 3.63) is 24.8 Å². The first-order valence-electron chi connectivity index (χ1n) is 9.82. The molecule has 1 aliphatic carbocycles. The molecule has 11 heteroatoms. The summed E-state index contributed by atoms with van der Waals surface area (Å²) in [7, 11) is 0. The molecule has 0 aromatic heterocycles. The largest absolute Gasteiger partial charge is 0.478 e. The minimum atomic E-state index is -2.80. The van der Waals surface area contributed by atoms with Crippen LogP contribution in [0.4, 0.5) is 8.78 Å². The van der Waals surface area contributed by atoms with Crippen LogP contribution in [0.1, 0.15) is 29.0 Å². The molecular weight excluding hydrogens is 410 g/mol. The number of amides is 2. The Kier molecular flexibility index (Phi) is 10.1. The molecule has 2 aliphatic rings. The lowest BCUT2D eigenvalue weighted by Crippen LogP contribution is -2.51. The predicted molar refractivity (Wildman–Crippen MR) is 119 cm³/mol. The maximum Gasteiger partial charge on any atom is 0.264 e. The Morgan fingerprint density at radius 2 is 2.00 bits per heavy atom. The molecule has 0 spiro atoms. The van der Waals surface area contributed by atoms with Gasteiger partial charge in [-0.1, -0.05) is 6.08 Å². The van der Waals surface area contributed by atoms with E-state index in [0.29, 0.717) is 18.7 Å². The molecule has 6 N–H and O–H groups in total. The zero-order valence-corrected chi connectivity index (χ0v) is 17.5. The van der Waals surface area contributed by atoms with Gasteiger partial charge in [-0.3, -0.25) is 19.9 Å². The predicted octanol–water partition coefficient (Wildman–Crippen LogP) is 1.98. The van der Waals surface area contributed by atoms with Crippen molar-refractivity contribution in [2.24, 2.45) is 28.3 Å². The van der Waals surface area contributed by atoms with Gasteiger partial charge in [-0.15, -0.1) is 6.58 Å². The fourth-order valence-electron chi connectivity index (χ4n) is 2.67. The SMILES string of the molecule is C=C[C@H]1CN([C@@H](C)C(=O)N=C(N)/C=C\C(=N)OCC2CC2)CCC1(F)F.N=CC(N)=O.[HH].[HH]. The number of ether oxygens (including phenoxy) is 1. The molecule has 176 valence electrons. The monoisotopic (exact) mass is 444 g/mol. The minimum Gasteiger partial charge on any atom is -0.478 e. The zero-order chi connectivity index (χ0) is 23.6. The first-order chi connectivity index (χ1) is 14.5. The van der Waals surface area contributed by atoms with Gasteiger partial charge >= 0.3 is 0 Å². The second kappa shape index (κ2) is 12.0. The number of hydrogen-bond donors (Lipinski definition) is 4. The molecule has 0 radical (unpaired) electrons. The number of carbonyl (C=O) groups excluding carboxylic acids is 2. The number of amidine groups is 1. The Morgan fingerprint density at radius 1 is 1.39 bits per heavy atom. The number of halogens is 2. The standard InChI is InChI=1S/C18H26F2N4O2.C2H4N2O.2H2/c1-3-14-10-24(9-8-18(14,19)20)12(2)17(25)23-15(21)6-7-16(22)26-11-13-4-5-13;3-1-2(4)5;;/h3,6-7,12-14,22H,1,4-5,8-11H2,2H3,(H2,21,23,25);1,3H,(H2,4,5);2*1H/b7-6-,22-16?;;;/t12-,14-;;;/m0.../s1. The molecule has 0 unspecified atom stereocenters. The summed E-state index contributed by atoms with van der Waals surface area (Å²) in [5, 5.41) is 13.7. The van der Waals surface area contributed by atoms with Crippen molar-refractivity contribution in [1.82, 2.24) is 4.90 Å². The van der Waals surface area contributed by atoms with Crippen LogP contribution in [0.5, 0.6) is 0 Å². The fourth-order valence-corrected chi connectivity index (χ4v) is 2.67. The summed E-state index contributed by atoms with van der Waals surface area (Å²) in [5.74, 6) is -4.56. The highest BCUT2D eigenvalue weighted by atomic mass is 19.3. The Bertz CT molecular complexity index is 760. The van der Waals surface area contributed by atoms with Gasteiger partial charge in [0.1, 0.15) is 5.84 Å². The molecular formula is C20H34F2N6O3. The molecule has 2 fully saturated rings. The van der Waals surface area contributed by atoms with Crippen LogP contribution in [0.3, 0.4) is 0 Å². The molecule has 1 saturated carbocycles. The third-order valence-corrected chi connectivity index (χ3v) is 4.85. The number of nitrogens with two attached hydrogens (primary N) is 2. The van der Waals surface area contributed by atoms with Gasteiger partial charge in [0.05, 0.1) is 24.8 Å². The Hall–Kier alpha value is -2.95. The number of hydrogen-bond acceptors (Lipinski definition) is 6. The second-order valence-electron chi connectivity index (χ2n) is 7.40. The van der Waals surface area contributed by atoms with E-state index in [4.69, 9.17) is 21.3 Å². The van der Waals surface area contributed by atoms with Crippen LogP contribution < -0.4 is 11.5 Å². The number of alkyl halides is 2. The normalized spacial score (nSPS) is 22.0. The quantitative estimate of drug-likeness (QED) is 0.255. The highest BCUT2D eigenvalue weighted by Crippen LogP contribution is 2.34. The second-order valence-corrected chi connectivity index (χ2v) is 7.40. The average Bonchev–Trinajstić information content (AvgIpc) is 3.55. The van der Waals surface area contributed by atoms with Crippen LogP contribution in [0.15, 0.2) is 29.8 Å². The molecule has 0 bridgehead atoms. The van der Waals surface area contributed by atoms with Crippen LogP contribution in [-0.2, 0) is 14.3 Å². The molecule has 2 amide bonds. The van der Waals surface area contributed by atoms with Crippen LogP contribution in [0.2, 0.25) is 0 Å². The van der Waals surface area contributed by atoms with E-state index in [2.05, 4.69) is 17.3 Å². The van der Waals surface area contributed by atoms with Gasteiger partial charge in [0, 0.05) is 28.4 Å². The number of piperidine rings is 1. The number of rotatable bonds is 8. The van der Waals surface area contributed by atoms with Crippen molar-refractivity contribution in [2.45, 2.75) is 38.2 Å². The molecule has 1 aliphatic heterocycles. The van der Waals surface area contributed by atoms with Gasteiger partial charge in [0.25, 0.3) is 17.7 Å².